The van der Waals surface area contributed by atoms with Gasteiger partial charge in [0.15, 0.2) is 0 Å². The van der Waals surface area contributed by atoms with Crippen LogP contribution in [0.2, 0.25) is 0 Å². The molecule has 0 spiro atoms. The smallest absolute Gasteiger partial charge is 0.0622 e. The monoisotopic (exact) mass is 875 g/mol. The van der Waals surface area contributed by atoms with Gasteiger partial charge in [0.05, 0.1) is 50.0 Å². The summed E-state index contributed by atoms with van der Waals surface area (Å²) >= 11 is 0. The van der Waals surface area contributed by atoms with Crippen molar-refractivity contribution in [2.45, 2.75) is 0 Å². The molecule has 3 nitrogen and oxygen atoms in total. The van der Waals surface area contributed by atoms with Gasteiger partial charge in [0, 0.05) is 43.1 Å². The van der Waals surface area contributed by atoms with Crippen LogP contribution in [0, 0.1) is 0 Å². The van der Waals surface area contributed by atoms with Gasteiger partial charge >= 0.3 is 0 Å². The molecule has 320 valence electrons. The van der Waals surface area contributed by atoms with Crippen molar-refractivity contribution in [1.82, 2.24) is 13.5 Å². The zero-order chi connectivity index (χ0) is 45.2. The Hall–Kier alpha value is -9.18. The van der Waals surface area contributed by atoms with Crippen molar-refractivity contribution in [3.8, 4) is 55.9 Å². The van der Waals surface area contributed by atoms with Crippen LogP contribution in [0.25, 0.3) is 138 Å². The van der Waals surface area contributed by atoms with Gasteiger partial charge in [-0.2, -0.15) is 0 Å². The topological polar surface area (TPSA) is 14.3 Å². The van der Waals surface area contributed by atoms with Gasteiger partial charge in [-0.3, -0.25) is 0 Å². The lowest BCUT2D eigenvalue weighted by molar-refractivity contribution is 1.19. The number of aromatic nitrogens is 3. The van der Waals surface area contributed by atoms with Gasteiger partial charge in [-0.25, -0.2) is 0 Å². The van der Waals surface area contributed by atoms with Crippen molar-refractivity contribution in [2.75, 3.05) is 0 Å². The van der Waals surface area contributed by atoms with Crippen molar-refractivity contribution in [3.05, 3.63) is 249 Å². The third-order valence-corrected chi connectivity index (χ3v) is 14.8. The van der Waals surface area contributed by atoms with Crippen LogP contribution in [0.5, 0.6) is 0 Å². The van der Waals surface area contributed by atoms with E-state index in [0.717, 1.165) is 0 Å². The van der Waals surface area contributed by atoms with Crippen LogP contribution in [0.4, 0.5) is 0 Å². The summed E-state index contributed by atoms with van der Waals surface area (Å²) in [6, 6.07) is 91.7. The summed E-state index contributed by atoms with van der Waals surface area (Å²) in [5, 5.41) is 9.97. The number of rotatable bonds is 6. The summed E-state index contributed by atoms with van der Waals surface area (Å²) < 4.78 is 7.56. The average molecular weight is 876 g/mol. The first-order valence-corrected chi connectivity index (χ1v) is 23.8. The predicted molar refractivity (Wildman–Crippen MR) is 292 cm³/mol. The quantitative estimate of drug-likeness (QED) is 0.158. The number of hydrogen-bond donors (Lipinski definition) is 0. The zero-order valence-corrected chi connectivity index (χ0v) is 37.5. The molecule has 0 saturated carbocycles. The minimum Gasteiger partial charge on any atom is -0.309 e. The van der Waals surface area contributed by atoms with Gasteiger partial charge in [-0.15, -0.1) is 0 Å². The highest BCUT2D eigenvalue weighted by atomic mass is 15.0. The third kappa shape index (κ3) is 5.56. The number of hydrogen-bond acceptors (Lipinski definition) is 0. The first-order chi connectivity index (χ1) is 34.2. The molecule has 4 aromatic heterocycles. The lowest BCUT2D eigenvalue weighted by Gasteiger charge is -2.13. The minimum atomic E-state index is 1.18. The molecule has 69 heavy (non-hydrogen) atoms. The molecule has 4 heterocycles. The van der Waals surface area contributed by atoms with Crippen molar-refractivity contribution < 1.29 is 0 Å². The lowest BCUT2D eigenvalue weighted by atomic mass is 10.0. The second-order valence-electron chi connectivity index (χ2n) is 18.4. The van der Waals surface area contributed by atoms with Crippen LogP contribution < -0.4 is 0 Å². The first-order valence-electron chi connectivity index (χ1n) is 23.8. The fourth-order valence-electron chi connectivity index (χ4n) is 11.7. The molecular formula is C66H41N3. The maximum Gasteiger partial charge on any atom is 0.0622 e. The zero-order valence-electron chi connectivity index (χ0n) is 37.5. The Morgan fingerprint density at radius 2 is 0.507 bits per heavy atom. The Kier molecular flexibility index (Phi) is 8.07. The number of nitrogens with zero attached hydrogens (tertiary/aromatic N) is 3. The molecule has 15 rings (SSSR count). The summed E-state index contributed by atoms with van der Waals surface area (Å²) in [7, 11) is 0. The molecular weight excluding hydrogens is 835 g/mol. The van der Waals surface area contributed by atoms with Crippen LogP contribution in [0.1, 0.15) is 0 Å². The molecule has 11 aromatic carbocycles. The molecule has 0 amide bonds. The average Bonchev–Trinajstić information content (AvgIpc) is 4.16. The van der Waals surface area contributed by atoms with Crippen molar-refractivity contribution in [2.24, 2.45) is 0 Å². The van der Waals surface area contributed by atoms with Gasteiger partial charge in [0.1, 0.15) is 0 Å². The summed E-state index contributed by atoms with van der Waals surface area (Å²) in [4.78, 5) is 0. The Labute approximate surface area is 397 Å². The highest BCUT2D eigenvalue weighted by Crippen LogP contribution is 2.47. The molecule has 0 aliphatic carbocycles. The van der Waals surface area contributed by atoms with Gasteiger partial charge in [-0.05, 0) is 117 Å². The summed E-state index contributed by atoms with van der Waals surface area (Å²) in [6.07, 6.45) is 0. The molecule has 0 N–H and O–H groups in total. The maximum atomic E-state index is 2.53. The van der Waals surface area contributed by atoms with E-state index in [1.165, 1.54) is 138 Å². The first kappa shape index (κ1) is 38.0. The molecule has 0 aliphatic heterocycles. The van der Waals surface area contributed by atoms with Gasteiger partial charge in [0.2, 0.25) is 0 Å². The third-order valence-electron chi connectivity index (χ3n) is 14.8. The predicted octanol–water partition coefficient (Wildman–Crippen LogP) is 17.7. The molecule has 0 unspecified atom stereocenters. The van der Waals surface area contributed by atoms with Crippen LogP contribution >= 0.6 is 0 Å². The molecule has 0 aliphatic rings. The highest BCUT2D eigenvalue weighted by Gasteiger charge is 2.25. The Morgan fingerprint density at radius 3 is 0.826 bits per heavy atom. The highest BCUT2D eigenvalue weighted by molar-refractivity contribution is 6.27. The van der Waals surface area contributed by atoms with E-state index in [-0.39, 0.29) is 0 Å². The van der Waals surface area contributed by atoms with Crippen molar-refractivity contribution in [1.29, 1.82) is 0 Å². The molecule has 3 heteroatoms. The van der Waals surface area contributed by atoms with E-state index in [1.807, 2.05) is 0 Å². The SMILES string of the molecule is c1ccc(-c2ccc3c(c2)c2cc(-c4ccccc4)ccc2n3-c2cccc3c2c2cccc4c5c(-n6c7ccc(-c8ccccc8)cc7c7cc(-c8ccccc8)ccc76)cccc5n3c24)cc1. The molecule has 15 aromatic rings. The van der Waals surface area contributed by atoms with Crippen LogP contribution in [0.3, 0.4) is 0 Å². The van der Waals surface area contributed by atoms with Gasteiger partial charge < -0.3 is 13.5 Å². The second-order valence-corrected chi connectivity index (χ2v) is 18.4. The Bertz CT molecular complexity index is 4020. The van der Waals surface area contributed by atoms with Crippen molar-refractivity contribution in [3.63, 3.8) is 0 Å². The van der Waals surface area contributed by atoms with E-state index >= 15 is 0 Å². The van der Waals surface area contributed by atoms with E-state index in [9.17, 15) is 0 Å². The van der Waals surface area contributed by atoms with E-state index < -0.39 is 0 Å². The Morgan fingerprint density at radius 1 is 0.203 bits per heavy atom. The normalized spacial score (nSPS) is 12.1. The number of benzene rings is 11. The minimum absolute atomic E-state index is 1.18. The lowest BCUT2D eigenvalue weighted by Crippen LogP contribution is -1.96. The molecule has 0 fully saturated rings. The molecule has 0 bridgehead atoms. The van der Waals surface area contributed by atoms with E-state index in [1.54, 1.807) is 0 Å². The molecule has 0 atom stereocenters. The van der Waals surface area contributed by atoms with Crippen LogP contribution in [0.15, 0.2) is 249 Å². The van der Waals surface area contributed by atoms with E-state index in [4.69, 9.17) is 0 Å². The fourth-order valence-corrected chi connectivity index (χ4v) is 11.7. The van der Waals surface area contributed by atoms with E-state index in [2.05, 4.69) is 262 Å². The molecule has 0 saturated heterocycles. The largest absolute Gasteiger partial charge is 0.309 e. The summed E-state index contributed by atoms with van der Waals surface area (Å²) in [5.74, 6) is 0. The summed E-state index contributed by atoms with van der Waals surface area (Å²) in [5.41, 5.74) is 20.5. The maximum absolute atomic E-state index is 2.53. The standard InChI is InChI=1S/C66H41N3/c1-5-16-42(17-6-1)46-30-34-56-52(38-46)53-39-47(43-18-7-2-8-19-43)31-35-57(53)67(56)60-26-14-28-62-64(60)50-24-13-25-51-65-61(27-15-29-63(65)69(62)66(50)51)68-58-36-32-48(44-20-9-3-10-21-44)40-54(58)55-41-49(33-37-59(55)68)45-22-11-4-12-23-45/h1-41H. The Balaban J connectivity index is 0.987. The van der Waals surface area contributed by atoms with Crippen LogP contribution in [-0.2, 0) is 0 Å². The number of para-hydroxylation sites is 1. The fraction of sp³-hybridized carbons (Fsp3) is 0. The second kappa shape index (κ2) is 14.7. The van der Waals surface area contributed by atoms with Gasteiger partial charge in [-0.1, -0.05) is 176 Å². The molecule has 0 radical (unpaired) electrons. The van der Waals surface area contributed by atoms with Crippen LogP contribution in [-0.4, -0.2) is 13.5 Å². The van der Waals surface area contributed by atoms with E-state index in [0.29, 0.717) is 0 Å². The van der Waals surface area contributed by atoms with Crippen molar-refractivity contribution >= 4 is 81.7 Å². The number of fused-ring (bicyclic) bond motifs is 12. The summed E-state index contributed by atoms with van der Waals surface area (Å²) in [6.45, 7) is 0. The van der Waals surface area contributed by atoms with Gasteiger partial charge in [0.25, 0.3) is 0 Å².